The maximum atomic E-state index is 11.1. The molecule has 0 amide bonds. The molecule has 0 fully saturated rings. The van der Waals surface area contributed by atoms with Gasteiger partial charge < -0.3 is 4.42 Å². The highest BCUT2D eigenvalue weighted by Crippen LogP contribution is 2.11. The van der Waals surface area contributed by atoms with E-state index in [1.54, 1.807) is 6.26 Å². The fraction of sp³-hybridized carbons (Fsp3) is 0.545. The molecule has 1 aromatic heterocycles. The minimum Gasteiger partial charge on any atom is -0.469 e. The zero-order valence-electron chi connectivity index (χ0n) is 8.42. The smallest absolute Gasteiger partial charge is 0.165 e. The molecule has 0 saturated carbocycles. The van der Waals surface area contributed by atoms with Crippen molar-refractivity contribution in [1.29, 1.82) is 0 Å². The standard InChI is InChI=1S/C11H14Cl2O2/c12-11(13)10(14)7-3-1-2-5-9-6-4-8-15-9/h4,6,8,11H,1-3,5,7H2. The van der Waals surface area contributed by atoms with Crippen LogP contribution in [0, 0.1) is 0 Å². The molecule has 0 unspecified atom stereocenters. The maximum Gasteiger partial charge on any atom is 0.165 e. The van der Waals surface area contributed by atoms with Crippen molar-refractivity contribution in [3.63, 3.8) is 0 Å². The van der Waals surface area contributed by atoms with Crippen molar-refractivity contribution in [2.24, 2.45) is 0 Å². The van der Waals surface area contributed by atoms with Crippen LogP contribution in [-0.2, 0) is 11.2 Å². The summed E-state index contributed by atoms with van der Waals surface area (Å²) in [6, 6.07) is 3.84. The average molecular weight is 249 g/mol. The zero-order chi connectivity index (χ0) is 11.1. The number of ketones is 1. The highest BCUT2D eigenvalue weighted by molar-refractivity contribution is 6.53. The van der Waals surface area contributed by atoms with Gasteiger partial charge in [-0.3, -0.25) is 4.79 Å². The van der Waals surface area contributed by atoms with Crippen LogP contribution in [0.3, 0.4) is 0 Å². The van der Waals surface area contributed by atoms with Crippen molar-refractivity contribution in [1.82, 2.24) is 0 Å². The van der Waals surface area contributed by atoms with Gasteiger partial charge >= 0.3 is 0 Å². The average Bonchev–Trinajstić information content (AvgIpc) is 2.69. The van der Waals surface area contributed by atoms with Gasteiger partial charge in [0, 0.05) is 12.8 Å². The summed E-state index contributed by atoms with van der Waals surface area (Å²) in [5.74, 6) is 0.908. The lowest BCUT2D eigenvalue weighted by molar-refractivity contribution is -0.117. The molecule has 0 bridgehead atoms. The molecular weight excluding hydrogens is 235 g/mol. The Balaban J connectivity index is 2.00. The van der Waals surface area contributed by atoms with Crippen molar-refractivity contribution < 1.29 is 9.21 Å². The van der Waals surface area contributed by atoms with Crippen molar-refractivity contribution in [2.45, 2.75) is 36.9 Å². The number of alkyl halides is 2. The Morgan fingerprint density at radius 3 is 2.73 bits per heavy atom. The summed E-state index contributed by atoms with van der Waals surface area (Å²) in [5, 5.41) is 0. The Labute approximate surface area is 99.5 Å². The van der Waals surface area contributed by atoms with E-state index < -0.39 is 4.84 Å². The van der Waals surface area contributed by atoms with E-state index in [1.165, 1.54) is 0 Å². The van der Waals surface area contributed by atoms with Gasteiger partial charge in [-0.15, -0.1) is 0 Å². The second-order valence-electron chi connectivity index (χ2n) is 3.41. The molecule has 1 rings (SSSR count). The third kappa shape index (κ3) is 5.24. The van der Waals surface area contributed by atoms with E-state index in [1.807, 2.05) is 12.1 Å². The molecule has 0 aliphatic carbocycles. The molecule has 84 valence electrons. The molecular formula is C11H14Cl2O2. The maximum absolute atomic E-state index is 11.1. The lowest BCUT2D eigenvalue weighted by atomic mass is 10.1. The van der Waals surface area contributed by atoms with E-state index >= 15 is 0 Å². The Hall–Kier alpha value is -0.470. The first-order valence-corrected chi connectivity index (χ1v) is 5.90. The van der Waals surface area contributed by atoms with Crippen LogP contribution in [0.4, 0.5) is 0 Å². The van der Waals surface area contributed by atoms with Crippen LogP contribution in [0.5, 0.6) is 0 Å². The van der Waals surface area contributed by atoms with Crippen molar-refractivity contribution in [3.8, 4) is 0 Å². The van der Waals surface area contributed by atoms with Crippen LogP contribution >= 0.6 is 23.2 Å². The summed E-state index contributed by atoms with van der Waals surface area (Å²) < 4.78 is 5.19. The first kappa shape index (κ1) is 12.6. The highest BCUT2D eigenvalue weighted by Gasteiger charge is 2.10. The van der Waals surface area contributed by atoms with E-state index in [4.69, 9.17) is 27.6 Å². The lowest BCUT2D eigenvalue weighted by Crippen LogP contribution is -2.06. The Bertz CT molecular complexity index is 281. The second kappa shape index (κ2) is 6.91. The fourth-order valence-electron chi connectivity index (χ4n) is 1.34. The molecule has 1 aromatic rings. The number of carbonyl (C=O) groups is 1. The first-order valence-electron chi connectivity index (χ1n) is 5.03. The molecule has 0 spiro atoms. The molecule has 0 saturated heterocycles. The predicted octanol–water partition coefficient (Wildman–Crippen LogP) is 3.76. The van der Waals surface area contributed by atoms with E-state index in [2.05, 4.69) is 0 Å². The number of halogens is 2. The number of hydrogen-bond donors (Lipinski definition) is 0. The molecule has 0 N–H and O–H groups in total. The largest absolute Gasteiger partial charge is 0.469 e. The van der Waals surface area contributed by atoms with Crippen molar-refractivity contribution >= 4 is 29.0 Å². The van der Waals surface area contributed by atoms with Gasteiger partial charge in [-0.1, -0.05) is 29.6 Å². The summed E-state index contributed by atoms with van der Waals surface area (Å²) in [6.07, 6.45) is 5.92. The lowest BCUT2D eigenvalue weighted by Gasteiger charge is -2.00. The molecule has 0 aliphatic heterocycles. The number of furan rings is 1. The van der Waals surface area contributed by atoms with Gasteiger partial charge in [0.25, 0.3) is 0 Å². The van der Waals surface area contributed by atoms with E-state index in [-0.39, 0.29) is 5.78 Å². The number of aryl methyl sites for hydroxylation is 1. The SMILES string of the molecule is O=C(CCCCCc1ccco1)C(Cl)Cl. The molecule has 0 atom stereocenters. The molecule has 2 nitrogen and oxygen atoms in total. The molecule has 4 heteroatoms. The van der Waals surface area contributed by atoms with Crippen LogP contribution in [0.2, 0.25) is 0 Å². The van der Waals surface area contributed by atoms with Gasteiger partial charge in [0.15, 0.2) is 10.6 Å². The summed E-state index contributed by atoms with van der Waals surface area (Å²) in [7, 11) is 0. The Morgan fingerprint density at radius 1 is 1.33 bits per heavy atom. The minimum absolute atomic E-state index is 0.0867. The molecule has 0 radical (unpaired) electrons. The van der Waals surface area contributed by atoms with E-state index in [9.17, 15) is 4.79 Å². The normalized spacial score (nSPS) is 10.9. The van der Waals surface area contributed by atoms with Crippen molar-refractivity contribution in [3.05, 3.63) is 24.2 Å². The number of unbranched alkanes of at least 4 members (excludes halogenated alkanes) is 2. The van der Waals surface area contributed by atoms with Crippen LogP contribution in [-0.4, -0.2) is 10.6 Å². The second-order valence-corrected chi connectivity index (χ2v) is 4.50. The van der Waals surface area contributed by atoms with Crippen LogP contribution < -0.4 is 0 Å². The molecule has 0 aromatic carbocycles. The molecule has 15 heavy (non-hydrogen) atoms. The molecule has 0 aliphatic rings. The molecule has 1 heterocycles. The number of carbonyl (C=O) groups excluding carboxylic acids is 1. The minimum atomic E-state index is -0.866. The van der Waals surface area contributed by atoms with Crippen LogP contribution in [0.1, 0.15) is 31.4 Å². The Morgan fingerprint density at radius 2 is 2.13 bits per heavy atom. The fourth-order valence-corrected chi connectivity index (χ4v) is 1.56. The third-order valence-electron chi connectivity index (χ3n) is 2.17. The summed E-state index contributed by atoms with van der Waals surface area (Å²) in [4.78, 5) is 10.2. The first-order chi connectivity index (χ1) is 7.20. The third-order valence-corrected chi connectivity index (χ3v) is 2.66. The van der Waals surface area contributed by atoms with Crippen LogP contribution in [0.15, 0.2) is 22.8 Å². The number of rotatable bonds is 7. The van der Waals surface area contributed by atoms with Gasteiger partial charge in [0.1, 0.15) is 5.76 Å². The summed E-state index contributed by atoms with van der Waals surface area (Å²) >= 11 is 10.8. The topological polar surface area (TPSA) is 30.2 Å². The van der Waals surface area contributed by atoms with Gasteiger partial charge in [0.05, 0.1) is 6.26 Å². The summed E-state index contributed by atoms with van der Waals surface area (Å²) in [5.41, 5.74) is 0. The van der Waals surface area contributed by atoms with E-state index in [0.717, 1.165) is 31.4 Å². The van der Waals surface area contributed by atoms with E-state index in [0.29, 0.717) is 6.42 Å². The number of hydrogen-bond acceptors (Lipinski definition) is 2. The van der Waals surface area contributed by atoms with Gasteiger partial charge in [-0.05, 0) is 25.0 Å². The quantitative estimate of drug-likeness (QED) is 0.544. The number of Topliss-reactive ketones (excluding diaryl/α,β-unsaturated/α-hetero) is 1. The van der Waals surface area contributed by atoms with Crippen LogP contribution in [0.25, 0.3) is 0 Å². The van der Waals surface area contributed by atoms with Gasteiger partial charge in [-0.2, -0.15) is 0 Å². The van der Waals surface area contributed by atoms with Gasteiger partial charge in [-0.25, -0.2) is 0 Å². The van der Waals surface area contributed by atoms with Crippen molar-refractivity contribution in [2.75, 3.05) is 0 Å². The highest BCUT2D eigenvalue weighted by atomic mass is 35.5. The Kier molecular flexibility index (Phi) is 5.81. The summed E-state index contributed by atoms with van der Waals surface area (Å²) in [6.45, 7) is 0. The monoisotopic (exact) mass is 248 g/mol. The predicted molar refractivity (Wildman–Crippen MR) is 61.4 cm³/mol. The zero-order valence-corrected chi connectivity index (χ0v) is 9.93. The van der Waals surface area contributed by atoms with Gasteiger partial charge in [0.2, 0.25) is 0 Å².